The molecule has 0 fully saturated rings. The lowest BCUT2D eigenvalue weighted by molar-refractivity contribution is 0.0690. The van der Waals surface area contributed by atoms with Gasteiger partial charge in [-0.1, -0.05) is 0 Å². The molecule has 0 radical (unpaired) electrons. The molecule has 0 saturated heterocycles. The van der Waals surface area contributed by atoms with Crippen LogP contribution >= 0.6 is 15.9 Å². The van der Waals surface area contributed by atoms with Crippen molar-refractivity contribution in [3.63, 3.8) is 0 Å². The number of halogens is 1. The number of aryl methyl sites for hydroxylation is 1. The van der Waals surface area contributed by atoms with Crippen molar-refractivity contribution in [3.05, 3.63) is 46.2 Å². The number of hydrogen-bond acceptors (Lipinski definition) is 4. The van der Waals surface area contributed by atoms with Gasteiger partial charge in [-0.3, -0.25) is 4.40 Å². The molecule has 24 heavy (non-hydrogen) atoms. The van der Waals surface area contributed by atoms with Crippen LogP contribution in [0.2, 0.25) is 0 Å². The van der Waals surface area contributed by atoms with Crippen LogP contribution in [0.15, 0.2) is 34.9 Å². The molecule has 1 aliphatic heterocycles. The Hall–Kier alpha value is -2.54. The van der Waals surface area contributed by atoms with Crippen LogP contribution in [-0.4, -0.2) is 33.7 Å². The highest BCUT2D eigenvalue weighted by Crippen LogP contribution is 2.36. The summed E-state index contributed by atoms with van der Waals surface area (Å²) in [7, 11) is 0. The van der Waals surface area contributed by atoms with Gasteiger partial charge in [0.05, 0.1) is 0 Å². The number of hydrogen-bond donors (Lipinski definition) is 1. The molecule has 0 atom stereocenters. The maximum Gasteiger partial charge on any atom is 0.355 e. The first-order chi connectivity index (χ1) is 11.5. The second kappa shape index (κ2) is 5.52. The number of pyridine rings is 1. The third-order valence-corrected chi connectivity index (χ3v) is 4.75. The number of aromatic nitrogens is 2. The van der Waals surface area contributed by atoms with Crippen LogP contribution < -0.4 is 9.47 Å². The maximum atomic E-state index is 11.8. The smallest absolute Gasteiger partial charge is 0.355 e. The van der Waals surface area contributed by atoms with Crippen molar-refractivity contribution in [2.24, 2.45) is 0 Å². The van der Waals surface area contributed by atoms with Crippen LogP contribution in [0.1, 0.15) is 16.1 Å². The van der Waals surface area contributed by atoms with Crippen LogP contribution in [-0.2, 0) is 0 Å². The Bertz CT molecular complexity index is 980. The number of carbonyl (C=O) groups is 1. The molecule has 2 aromatic heterocycles. The average Bonchev–Trinajstić information content (AvgIpc) is 2.93. The Kier molecular flexibility index (Phi) is 3.45. The molecule has 1 N–H and O–H groups in total. The Morgan fingerprint density at radius 2 is 2.00 bits per heavy atom. The first-order valence-electron chi connectivity index (χ1n) is 7.36. The van der Waals surface area contributed by atoms with E-state index >= 15 is 0 Å². The van der Waals surface area contributed by atoms with E-state index in [0.29, 0.717) is 41.6 Å². The van der Waals surface area contributed by atoms with Gasteiger partial charge in [-0.05, 0) is 52.7 Å². The van der Waals surface area contributed by atoms with E-state index < -0.39 is 5.97 Å². The summed E-state index contributed by atoms with van der Waals surface area (Å²) in [6.07, 6.45) is 1.72. The minimum atomic E-state index is -1.04. The molecule has 0 unspecified atom stereocenters. The summed E-state index contributed by atoms with van der Waals surface area (Å²) in [5.41, 5.74) is 2.75. The van der Waals surface area contributed by atoms with Gasteiger partial charge < -0.3 is 14.6 Å². The number of aromatic carboxylic acids is 1. The van der Waals surface area contributed by atoms with Crippen molar-refractivity contribution in [2.45, 2.75) is 6.92 Å². The Balaban J connectivity index is 1.96. The van der Waals surface area contributed by atoms with Crippen LogP contribution in [0.4, 0.5) is 0 Å². The molecule has 0 spiro atoms. The van der Waals surface area contributed by atoms with Crippen molar-refractivity contribution in [1.82, 2.24) is 9.38 Å². The average molecular weight is 389 g/mol. The van der Waals surface area contributed by atoms with Gasteiger partial charge >= 0.3 is 5.97 Å². The molecule has 0 aliphatic carbocycles. The van der Waals surface area contributed by atoms with Crippen LogP contribution in [0, 0.1) is 6.92 Å². The number of benzene rings is 1. The van der Waals surface area contributed by atoms with Crippen LogP contribution in [0.25, 0.3) is 16.9 Å². The van der Waals surface area contributed by atoms with Gasteiger partial charge in [-0.2, -0.15) is 0 Å². The van der Waals surface area contributed by atoms with E-state index in [2.05, 4.69) is 20.9 Å². The third-order valence-electron chi connectivity index (χ3n) is 3.92. The van der Waals surface area contributed by atoms with Crippen molar-refractivity contribution in [2.75, 3.05) is 13.2 Å². The monoisotopic (exact) mass is 388 g/mol. The Morgan fingerprint density at radius 3 is 2.75 bits per heavy atom. The van der Waals surface area contributed by atoms with E-state index in [-0.39, 0.29) is 5.69 Å². The molecular formula is C17H13BrN2O4. The minimum Gasteiger partial charge on any atom is -0.486 e. The summed E-state index contributed by atoms with van der Waals surface area (Å²) in [6, 6.07) is 7.19. The summed E-state index contributed by atoms with van der Waals surface area (Å²) in [5.74, 6) is 0.219. The molecule has 7 heteroatoms. The normalized spacial score (nSPS) is 13.2. The van der Waals surface area contributed by atoms with Gasteiger partial charge in [-0.25, -0.2) is 9.78 Å². The van der Waals surface area contributed by atoms with Gasteiger partial charge in [0.1, 0.15) is 24.6 Å². The highest BCUT2D eigenvalue weighted by molar-refractivity contribution is 9.10. The summed E-state index contributed by atoms with van der Waals surface area (Å²) in [4.78, 5) is 16.3. The van der Waals surface area contributed by atoms with E-state index in [1.165, 1.54) is 0 Å². The van der Waals surface area contributed by atoms with Crippen LogP contribution in [0.5, 0.6) is 11.5 Å². The largest absolute Gasteiger partial charge is 0.486 e. The minimum absolute atomic E-state index is 0.113. The topological polar surface area (TPSA) is 73.1 Å². The van der Waals surface area contributed by atoms with Crippen molar-refractivity contribution < 1.29 is 19.4 Å². The fourth-order valence-corrected chi connectivity index (χ4v) is 3.08. The molecule has 0 amide bonds. The number of nitrogens with zero attached hydrogens (tertiary/aromatic N) is 2. The molecule has 0 saturated carbocycles. The molecule has 3 heterocycles. The van der Waals surface area contributed by atoms with Crippen molar-refractivity contribution in [3.8, 4) is 22.8 Å². The highest BCUT2D eigenvalue weighted by Gasteiger charge is 2.22. The molecule has 1 aromatic carbocycles. The molecular weight excluding hydrogens is 376 g/mol. The predicted molar refractivity (Wildman–Crippen MR) is 91.0 cm³/mol. The second-order valence-corrected chi connectivity index (χ2v) is 6.36. The van der Waals surface area contributed by atoms with E-state index in [1.807, 2.05) is 13.0 Å². The second-order valence-electron chi connectivity index (χ2n) is 5.51. The summed E-state index contributed by atoms with van der Waals surface area (Å²) in [6.45, 7) is 2.91. The molecule has 3 aromatic rings. The zero-order valence-corrected chi connectivity index (χ0v) is 14.3. The van der Waals surface area contributed by atoms with E-state index in [9.17, 15) is 9.90 Å². The predicted octanol–water partition coefficient (Wildman–Crippen LogP) is 3.54. The van der Waals surface area contributed by atoms with Crippen LogP contribution in [0.3, 0.4) is 0 Å². The standard InChI is InChI=1S/C17H13BrN2O4/c1-9-6-14-19-15(16(17(21)22)20(14)8-11(9)18)10-2-3-12-13(7-10)24-5-4-23-12/h2-3,6-8H,4-5H2,1H3,(H,21,22). The van der Waals surface area contributed by atoms with Crippen molar-refractivity contribution in [1.29, 1.82) is 0 Å². The van der Waals surface area contributed by atoms with Gasteiger partial charge in [0.15, 0.2) is 17.2 Å². The fourth-order valence-electron chi connectivity index (χ4n) is 2.76. The lowest BCUT2D eigenvalue weighted by atomic mass is 10.1. The Morgan fingerprint density at radius 1 is 1.25 bits per heavy atom. The van der Waals surface area contributed by atoms with E-state index in [4.69, 9.17) is 9.47 Å². The highest BCUT2D eigenvalue weighted by atomic mass is 79.9. The lowest BCUT2D eigenvalue weighted by Gasteiger charge is -2.18. The Labute approximate surface area is 145 Å². The third kappa shape index (κ3) is 2.32. The zero-order chi connectivity index (χ0) is 16.8. The zero-order valence-electron chi connectivity index (χ0n) is 12.7. The molecule has 0 bridgehead atoms. The quantitative estimate of drug-likeness (QED) is 0.726. The van der Waals surface area contributed by atoms with E-state index in [1.54, 1.807) is 28.8 Å². The summed E-state index contributed by atoms with van der Waals surface area (Å²) >= 11 is 3.44. The molecule has 6 nitrogen and oxygen atoms in total. The first-order valence-corrected chi connectivity index (χ1v) is 8.15. The maximum absolute atomic E-state index is 11.8. The van der Waals surface area contributed by atoms with Crippen molar-refractivity contribution >= 4 is 27.5 Å². The van der Waals surface area contributed by atoms with Gasteiger partial charge in [0, 0.05) is 16.2 Å². The lowest BCUT2D eigenvalue weighted by Crippen LogP contribution is -2.15. The molecule has 1 aliphatic rings. The fraction of sp³-hybridized carbons (Fsp3) is 0.176. The number of rotatable bonds is 2. The molecule has 4 rings (SSSR count). The number of carboxylic acids is 1. The van der Waals surface area contributed by atoms with Gasteiger partial charge in [-0.15, -0.1) is 0 Å². The number of carboxylic acid groups (broad SMARTS) is 1. The van der Waals surface area contributed by atoms with Gasteiger partial charge in [0.2, 0.25) is 0 Å². The number of ether oxygens (including phenoxy) is 2. The van der Waals surface area contributed by atoms with Gasteiger partial charge in [0.25, 0.3) is 0 Å². The summed E-state index contributed by atoms with van der Waals surface area (Å²) in [5, 5.41) is 9.68. The molecule has 122 valence electrons. The number of imidazole rings is 1. The first kappa shape index (κ1) is 15.0. The SMILES string of the molecule is Cc1cc2nc(-c3ccc4c(c3)OCCO4)c(C(=O)O)n2cc1Br. The van der Waals surface area contributed by atoms with E-state index in [0.717, 1.165) is 10.0 Å². The number of fused-ring (bicyclic) bond motifs is 2. The summed E-state index contributed by atoms with van der Waals surface area (Å²) < 4.78 is 13.5.